The van der Waals surface area contributed by atoms with Crippen molar-refractivity contribution in [2.45, 2.75) is 19.4 Å². The minimum Gasteiger partial charge on any atom is -0.479 e. The van der Waals surface area contributed by atoms with Crippen LogP contribution in [0.1, 0.15) is 13.3 Å². The molecule has 1 unspecified atom stereocenters. The second-order valence-corrected chi connectivity index (χ2v) is 3.73. The predicted molar refractivity (Wildman–Crippen MR) is 64.8 cm³/mol. The van der Waals surface area contributed by atoms with Gasteiger partial charge in [0.25, 0.3) is 5.91 Å². The molecule has 1 aromatic carbocycles. The molecule has 0 saturated carbocycles. The Kier molecular flexibility index (Phi) is 5.31. The van der Waals surface area contributed by atoms with Crippen molar-refractivity contribution in [1.29, 1.82) is 5.26 Å². The number of nitriles is 1. The number of carbonyl (C=O) groups excluding carboxylic acids is 1. The highest BCUT2D eigenvalue weighted by Crippen LogP contribution is 2.24. The van der Waals surface area contributed by atoms with Crippen LogP contribution in [0.5, 0.6) is 5.75 Å². The minimum absolute atomic E-state index is 0.0266. The summed E-state index contributed by atoms with van der Waals surface area (Å²) in [5.41, 5.74) is 0. The van der Waals surface area contributed by atoms with Gasteiger partial charge in [0, 0.05) is 0 Å². The third kappa shape index (κ3) is 3.97. The van der Waals surface area contributed by atoms with Crippen LogP contribution < -0.4 is 10.1 Å². The second kappa shape index (κ2) is 6.77. The summed E-state index contributed by atoms with van der Waals surface area (Å²) in [5, 5.41) is 11.3. The van der Waals surface area contributed by atoms with E-state index in [1.807, 2.05) is 13.0 Å². The van der Waals surface area contributed by atoms with E-state index in [4.69, 9.17) is 21.6 Å². The van der Waals surface area contributed by atoms with Gasteiger partial charge in [0.2, 0.25) is 0 Å². The van der Waals surface area contributed by atoms with Gasteiger partial charge in [0.05, 0.1) is 11.1 Å². The lowest BCUT2D eigenvalue weighted by Gasteiger charge is -2.17. The highest BCUT2D eigenvalue weighted by atomic mass is 35.5. The number of nitrogens with zero attached hydrogens (tertiary/aromatic N) is 1. The third-order valence-electron chi connectivity index (χ3n) is 2.11. The number of hydrogen-bond donors (Lipinski definition) is 1. The molecule has 1 amide bonds. The summed E-state index contributed by atoms with van der Waals surface area (Å²) in [4.78, 5) is 11.6. The second-order valence-electron chi connectivity index (χ2n) is 3.32. The van der Waals surface area contributed by atoms with Crippen molar-refractivity contribution < 1.29 is 9.53 Å². The molecule has 0 heterocycles. The maximum absolute atomic E-state index is 11.6. The first kappa shape index (κ1) is 13.3. The van der Waals surface area contributed by atoms with E-state index in [1.165, 1.54) is 0 Å². The molecule has 0 fully saturated rings. The average Bonchev–Trinajstić information content (AvgIpc) is 2.35. The molecule has 1 aromatic rings. The van der Waals surface area contributed by atoms with Crippen molar-refractivity contribution in [3.05, 3.63) is 29.3 Å². The minimum atomic E-state index is -0.636. The Labute approximate surface area is 105 Å². The highest BCUT2D eigenvalue weighted by molar-refractivity contribution is 6.32. The first-order chi connectivity index (χ1) is 8.19. The van der Waals surface area contributed by atoms with Crippen LogP contribution in [0.3, 0.4) is 0 Å². The molecule has 0 aliphatic carbocycles. The van der Waals surface area contributed by atoms with Gasteiger partial charge in [-0.2, -0.15) is 5.26 Å². The predicted octanol–water partition coefficient (Wildman–Crippen LogP) is 2.14. The number of halogens is 1. The molecule has 0 saturated heterocycles. The fourth-order valence-electron chi connectivity index (χ4n) is 1.26. The molecule has 0 aliphatic heterocycles. The summed E-state index contributed by atoms with van der Waals surface area (Å²) >= 11 is 5.93. The Morgan fingerprint density at radius 1 is 1.59 bits per heavy atom. The van der Waals surface area contributed by atoms with E-state index in [0.717, 1.165) is 0 Å². The van der Waals surface area contributed by atoms with Crippen LogP contribution >= 0.6 is 11.6 Å². The number of ether oxygens (including phenoxy) is 1. The lowest BCUT2D eigenvalue weighted by atomic mass is 10.2. The first-order valence-corrected chi connectivity index (χ1v) is 5.62. The van der Waals surface area contributed by atoms with Crippen LogP contribution in [-0.2, 0) is 4.79 Å². The molecule has 0 bridgehead atoms. The van der Waals surface area contributed by atoms with Crippen molar-refractivity contribution in [3.8, 4) is 11.8 Å². The Bertz CT molecular complexity index is 429. The Morgan fingerprint density at radius 2 is 2.29 bits per heavy atom. The molecular weight excluding hydrogens is 240 g/mol. The highest BCUT2D eigenvalue weighted by Gasteiger charge is 2.18. The monoisotopic (exact) mass is 252 g/mol. The Hall–Kier alpha value is -1.73. The van der Waals surface area contributed by atoms with Crippen LogP contribution in [0, 0.1) is 11.3 Å². The van der Waals surface area contributed by atoms with Gasteiger partial charge < -0.3 is 10.1 Å². The van der Waals surface area contributed by atoms with Crippen LogP contribution in [-0.4, -0.2) is 18.6 Å². The van der Waals surface area contributed by atoms with E-state index in [0.29, 0.717) is 17.2 Å². The van der Waals surface area contributed by atoms with Crippen molar-refractivity contribution in [1.82, 2.24) is 5.32 Å². The van der Waals surface area contributed by atoms with Crippen LogP contribution in [0.2, 0.25) is 5.02 Å². The van der Waals surface area contributed by atoms with E-state index < -0.39 is 6.10 Å². The number of nitrogens with one attached hydrogen (secondary N) is 1. The van der Waals surface area contributed by atoms with E-state index in [9.17, 15) is 4.79 Å². The van der Waals surface area contributed by atoms with Crippen LogP contribution in [0.15, 0.2) is 24.3 Å². The van der Waals surface area contributed by atoms with Gasteiger partial charge in [-0.3, -0.25) is 4.79 Å². The zero-order chi connectivity index (χ0) is 12.7. The van der Waals surface area contributed by atoms with Gasteiger partial charge in [-0.25, -0.2) is 0 Å². The van der Waals surface area contributed by atoms with Crippen molar-refractivity contribution in [3.63, 3.8) is 0 Å². The third-order valence-corrected chi connectivity index (χ3v) is 2.42. The quantitative estimate of drug-likeness (QED) is 0.817. The van der Waals surface area contributed by atoms with E-state index in [2.05, 4.69) is 5.32 Å². The smallest absolute Gasteiger partial charge is 0.261 e. The lowest BCUT2D eigenvalue weighted by Crippen LogP contribution is -2.38. The fourth-order valence-corrected chi connectivity index (χ4v) is 1.44. The molecule has 0 aromatic heterocycles. The van der Waals surface area contributed by atoms with E-state index in [-0.39, 0.29) is 12.5 Å². The number of para-hydroxylation sites is 1. The molecule has 1 rings (SSSR count). The Morgan fingerprint density at radius 3 is 2.88 bits per heavy atom. The molecule has 1 atom stereocenters. The molecule has 1 N–H and O–H groups in total. The summed E-state index contributed by atoms with van der Waals surface area (Å²) in [7, 11) is 0. The van der Waals surface area contributed by atoms with Crippen molar-refractivity contribution in [2.75, 3.05) is 6.54 Å². The van der Waals surface area contributed by atoms with Gasteiger partial charge in [-0.15, -0.1) is 0 Å². The number of rotatable bonds is 5. The average molecular weight is 253 g/mol. The maximum atomic E-state index is 11.6. The van der Waals surface area contributed by atoms with Gasteiger partial charge in [-0.1, -0.05) is 30.7 Å². The zero-order valence-corrected chi connectivity index (χ0v) is 10.2. The standard InChI is InChI=1S/C12H13ClN2O2/c1-2-10(12(16)15-8-7-14)17-11-6-4-3-5-9(11)13/h3-6,10H,2,8H2,1H3,(H,15,16). The van der Waals surface area contributed by atoms with Crippen molar-refractivity contribution >= 4 is 17.5 Å². The number of carbonyl (C=O) groups is 1. The molecule has 0 aliphatic rings. The summed E-state index contributed by atoms with van der Waals surface area (Å²) in [6.07, 6.45) is -0.133. The van der Waals surface area contributed by atoms with Gasteiger partial charge >= 0.3 is 0 Å². The molecule has 0 spiro atoms. The largest absolute Gasteiger partial charge is 0.479 e. The van der Waals surface area contributed by atoms with Crippen LogP contribution in [0.25, 0.3) is 0 Å². The maximum Gasteiger partial charge on any atom is 0.261 e. The summed E-state index contributed by atoms with van der Waals surface area (Å²) < 4.78 is 5.50. The van der Waals surface area contributed by atoms with E-state index >= 15 is 0 Å². The number of benzene rings is 1. The summed E-state index contributed by atoms with van der Waals surface area (Å²) in [6, 6.07) is 8.79. The number of amides is 1. The normalized spacial score (nSPS) is 11.4. The zero-order valence-electron chi connectivity index (χ0n) is 9.44. The molecule has 4 nitrogen and oxygen atoms in total. The molecule has 0 radical (unpaired) electrons. The summed E-state index contributed by atoms with van der Waals surface area (Å²) in [6.45, 7) is 1.80. The molecule has 5 heteroatoms. The fraction of sp³-hybridized carbons (Fsp3) is 0.333. The SMILES string of the molecule is CCC(Oc1ccccc1Cl)C(=O)NCC#N. The topological polar surface area (TPSA) is 62.1 Å². The van der Waals surface area contributed by atoms with Gasteiger partial charge in [0.15, 0.2) is 6.10 Å². The van der Waals surface area contributed by atoms with Gasteiger partial charge in [-0.05, 0) is 18.6 Å². The first-order valence-electron chi connectivity index (χ1n) is 5.25. The molecule has 90 valence electrons. The van der Waals surface area contributed by atoms with Gasteiger partial charge in [0.1, 0.15) is 12.3 Å². The van der Waals surface area contributed by atoms with E-state index in [1.54, 1.807) is 24.3 Å². The lowest BCUT2D eigenvalue weighted by molar-refractivity contribution is -0.127. The van der Waals surface area contributed by atoms with Crippen LogP contribution in [0.4, 0.5) is 0 Å². The summed E-state index contributed by atoms with van der Waals surface area (Å²) in [5.74, 6) is 0.155. The Balaban J connectivity index is 2.67. The molecule has 17 heavy (non-hydrogen) atoms. The van der Waals surface area contributed by atoms with Crippen molar-refractivity contribution in [2.24, 2.45) is 0 Å². The molecular formula is C12H13ClN2O2. The number of hydrogen-bond acceptors (Lipinski definition) is 3.